The molecule has 0 saturated carbocycles. The van der Waals surface area contributed by atoms with Crippen LogP contribution in [0.1, 0.15) is 22.5 Å². The lowest BCUT2D eigenvalue weighted by Gasteiger charge is -2.19. The first-order chi connectivity index (χ1) is 13.5. The second kappa shape index (κ2) is 9.53. The maximum atomic E-state index is 13.0. The second-order valence-corrected chi connectivity index (χ2v) is 7.22. The lowest BCUT2D eigenvalue weighted by molar-refractivity contribution is 0.306. The number of nitrogens with zero attached hydrogens (tertiary/aromatic N) is 3. The van der Waals surface area contributed by atoms with Gasteiger partial charge in [-0.2, -0.15) is 0 Å². The molecule has 1 aromatic heterocycles. The third-order valence-electron chi connectivity index (χ3n) is 4.46. The van der Waals surface area contributed by atoms with Gasteiger partial charge >= 0.3 is 0 Å². The number of hydrogen-bond acceptors (Lipinski definition) is 3. The summed E-state index contributed by atoms with van der Waals surface area (Å²) in [4.78, 5) is 9.07. The van der Waals surface area contributed by atoms with Crippen LogP contribution in [0.4, 0.5) is 8.78 Å². The highest BCUT2D eigenvalue weighted by atomic mass is 19.1. The van der Waals surface area contributed by atoms with Crippen molar-refractivity contribution in [2.24, 2.45) is 0 Å². The first-order valence-electron chi connectivity index (χ1n) is 9.29. The van der Waals surface area contributed by atoms with Crippen molar-refractivity contribution in [2.75, 3.05) is 14.1 Å². The Balaban J connectivity index is 1.55. The standard InChI is InChI=1S/C23H25F2N3/c1-27(14-18-6-10-20(24)11-7-18)16-22-4-3-5-23(26-22)17-28(2)15-19-8-12-21(25)13-9-19/h3-13H,14-17H2,1-2H3. The van der Waals surface area contributed by atoms with Crippen LogP contribution in [0.3, 0.4) is 0 Å². The summed E-state index contributed by atoms with van der Waals surface area (Å²) in [5.41, 5.74) is 4.13. The molecule has 3 aromatic rings. The van der Waals surface area contributed by atoms with Gasteiger partial charge in [-0.25, -0.2) is 8.78 Å². The van der Waals surface area contributed by atoms with Gasteiger partial charge in [0.1, 0.15) is 11.6 Å². The Hall–Kier alpha value is -2.63. The molecular formula is C23H25F2N3. The van der Waals surface area contributed by atoms with Gasteiger partial charge in [0.15, 0.2) is 0 Å². The zero-order valence-corrected chi connectivity index (χ0v) is 16.3. The number of benzene rings is 2. The topological polar surface area (TPSA) is 19.4 Å². The van der Waals surface area contributed by atoms with Gasteiger partial charge < -0.3 is 0 Å². The Morgan fingerprint density at radius 1 is 0.607 bits per heavy atom. The minimum atomic E-state index is -0.217. The molecule has 0 bridgehead atoms. The van der Waals surface area contributed by atoms with E-state index in [1.165, 1.54) is 24.3 Å². The Morgan fingerprint density at radius 3 is 1.39 bits per heavy atom. The average molecular weight is 381 g/mol. The molecule has 1 heterocycles. The highest BCUT2D eigenvalue weighted by Gasteiger charge is 2.07. The van der Waals surface area contributed by atoms with Crippen LogP contribution in [0.15, 0.2) is 66.7 Å². The maximum absolute atomic E-state index is 13.0. The number of pyridine rings is 1. The fourth-order valence-electron chi connectivity index (χ4n) is 3.17. The van der Waals surface area contributed by atoms with Gasteiger partial charge in [0.25, 0.3) is 0 Å². The van der Waals surface area contributed by atoms with Gasteiger partial charge in [-0.05, 0) is 61.6 Å². The van der Waals surface area contributed by atoms with Gasteiger partial charge in [0.05, 0.1) is 11.4 Å². The lowest BCUT2D eigenvalue weighted by atomic mass is 10.2. The van der Waals surface area contributed by atoms with E-state index in [9.17, 15) is 8.78 Å². The van der Waals surface area contributed by atoms with Gasteiger partial charge in [-0.3, -0.25) is 14.8 Å². The molecule has 0 aliphatic rings. The molecule has 0 radical (unpaired) electrons. The summed E-state index contributed by atoms with van der Waals surface area (Å²) in [6, 6.07) is 19.2. The first-order valence-corrected chi connectivity index (χ1v) is 9.29. The molecule has 146 valence electrons. The molecule has 0 saturated heterocycles. The molecule has 0 fully saturated rings. The van der Waals surface area contributed by atoms with Crippen LogP contribution >= 0.6 is 0 Å². The minimum Gasteiger partial charge on any atom is -0.296 e. The second-order valence-electron chi connectivity index (χ2n) is 7.22. The van der Waals surface area contributed by atoms with Crippen LogP contribution in [0.2, 0.25) is 0 Å². The van der Waals surface area contributed by atoms with Crippen molar-refractivity contribution in [1.82, 2.24) is 14.8 Å². The molecule has 0 aliphatic heterocycles. The van der Waals surface area contributed by atoms with E-state index in [1.54, 1.807) is 24.3 Å². The highest BCUT2D eigenvalue weighted by Crippen LogP contribution is 2.11. The predicted octanol–water partition coefficient (Wildman–Crippen LogP) is 4.62. The summed E-state index contributed by atoms with van der Waals surface area (Å²) in [6.07, 6.45) is 0. The number of aromatic nitrogens is 1. The molecule has 0 aliphatic carbocycles. The van der Waals surface area contributed by atoms with Crippen molar-refractivity contribution in [1.29, 1.82) is 0 Å². The summed E-state index contributed by atoms with van der Waals surface area (Å²) >= 11 is 0. The van der Waals surface area contributed by atoms with Gasteiger partial charge in [-0.1, -0.05) is 30.3 Å². The van der Waals surface area contributed by atoms with Crippen molar-refractivity contribution in [2.45, 2.75) is 26.2 Å². The molecule has 3 nitrogen and oxygen atoms in total. The van der Waals surface area contributed by atoms with E-state index >= 15 is 0 Å². The van der Waals surface area contributed by atoms with Crippen LogP contribution in [0.5, 0.6) is 0 Å². The third-order valence-corrected chi connectivity index (χ3v) is 4.46. The fourth-order valence-corrected chi connectivity index (χ4v) is 3.17. The summed E-state index contributed by atoms with van der Waals surface area (Å²) < 4.78 is 26.1. The number of hydrogen-bond donors (Lipinski definition) is 0. The summed E-state index contributed by atoms with van der Waals surface area (Å²) in [7, 11) is 4.05. The summed E-state index contributed by atoms with van der Waals surface area (Å²) in [6.45, 7) is 2.90. The Morgan fingerprint density at radius 2 is 1.00 bits per heavy atom. The molecule has 2 aromatic carbocycles. The quantitative estimate of drug-likeness (QED) is 0.567. The molecule has 3 rings (SSSR count). The van der Waals surface area contributed by atoms with E-state index in [0.717, 1.165) is 35.6 Å². The molecule has 0 unspecified atom stereocenters. The largest absolute Gasteiger partial charge is 0.296 e. The van der Waals surface area contributed by atoms with Gasteiger partial charge in [0.2, 0.25) is 0 Å². The zero-order chi connectivity index (χ0) is 19.9. The monoisotopic (exact) mass is 381 g/mol. The average Bonchev–Trinajstić information content (AvgIpc) is 2.66. The minimum absolute atomic E-state index is 0.217. The zero-order valence-electron chi connectivity index (χ0n) is 16.3. The van der Waals surface area contributed by atoms with Crippen LogP contribution in [0, 0.1) is 11.6 Å². The Bertz CT molecular complexity index is 808. The highest BCUT2D eigenvalue weighted by molar-refractivity contribution is 5.17. The van der Waals surface area contributed by atoms with Crippen molar-refractivity contribution in [3.63, 3.8) is 0 Å². The molecule has 0 spiro atoms. The van der Waals surface area contributed by atoms with E-state index in [0.29, 0.717) is 13.1 Å². The van der Waals surface area contributed by atoms with Crippen LogP contribution in [-0.4, -0.2) is 28.9 Å². The Kier molecular flexibility index (Phi) is 6.85. The smallest absolute Gasteiger partial charge is 0.123 e. The number of halogens is 2. The van der Waals surface area contributed by atoms with Gasteiger partial charge in [0, 0.05) is 26.2 Å². The first kappa shape index (κ1) is 20.1. The fraction of sp³-hybridized carbons (Fsp3) is 0.261. The molecule has 0 atom stereocenters. The molecule has 0 N–H and O–H groups in total. The van der Waals surface area contributed by atoms with E-state index in [-0.39, 0.29) is 11.6 Å². The van der Waals surface area contributed by atoms with Crippen LogP contribution in [-0.2, 0) is 26.2 Å². The molecule has 0 amide bonds. The normalized spacial score (nSPS) is 11.4. The van der Waals surface area contributed by atoms with Crippen LogP contribution < -0.4 is 0 Å². The summed E-state index contributed by atoms with van der Waals surface area (Å²) in [5, 5.41) is 0. The Labute approximate surface area is 165 Å². The van der Waals surface area contributed by atoms with E-state index < -0.39 is 0 Å². The van der Waals surface area contributed by atoms with E-state index in [2.05, 4.69) is 9.80 Å². The van der Waals surface area contributed by atoms with Gasteiger partial charge in [-0.15, -0.1) is 0 Å². The molecular weight excluding hydrogens is 356 g/mol. The number of rotatable bonds is 8. The lowest BCUT2D eigenvalue weighted by Crippen LogP contribution is -2.20. The molecule has 28 heavy (non-hydrogen) atoms. The van der Waals surface area contributed by atoms with Crippen molar-refractivity contribution < 1.29 is 8.78 Å². The maximum Gasteiger partial charge on any atom is 0.123 e. The SMILES string of the molecule is CN(Cc1ccc(F)cc1)Cc1cccc(CN(C)Cc2ccc(F)cc2)n1. The van der Waals surface area contributed by atoms with Crippen molar-refractivity contribution in [3.8, 4) is 0 Å². The van der Waals surface area contributed by atoms with E-state index in [4.69, 9.17) is 4.98 Å². The predicted molar refractivity (Wildman–Crippen MR) is 107 cm³/mol. The van der Waals surface area contributed by atoms with E-state index in [1.807, 2.05) is 32.3 Å². The third kappa shape index (κ3) is 6.22. The van der Waals surface area contributed by atoms with Crippen LogP contribution in [0.25, 0.3) is 0 Å². The summed E-state index contributed by atoms with van der Waals surface area (Å²) in [5.74, 6) is -0.434. The van der Waals surface area contributed by atoms with Crippen molar-refractivity contribution >= 4 is 0 Å². The van der Waals surface area contributed by atoms with Crippen molar-refractivity contribution in [3.05, 3.63) is 101 Å². The molecule has 5 heteroatoms.